The molecule has 2 aromatic heterocycles. The van der Waals surface area contributed by atoms with E-state index in [1.807, 2.05) is 6.07 Å². The third-order valence-electron chi connectivity index (χ3n) is 1.57. The Balaban J connectivity index is 0.000000318. The molecule has 0 saturated heterocycles. The average Bonchev–Trinajstić information content (AvgIpc) is 2.76. The summed E-state index contributed by atoms with van der Waals surface area (Å²) in [5, 5.41) is 9.26. The molecule has 0 unspecified atom stereocenters. The van der Waals surface area contributed by atoms with Gasteiger partial charge in [0.1, 0.15) is 5.82 Å². The molecule has 0 aliphatic carbocycles. The van der Waals surface area contributed by atoms with Gasteiger partial charge >= 0.3 is 0 Å². The molecule has 0 bridgehead atoms. The van der Waals surface area contributed by atoms with Crippen LogP contribution >= 0.6 is 0 Å². The smallest absolute Gasteiger partial charge is 0.133 e. The Morgan fingerprint density at radius 3 is 1.94 bits per heavy atom. The third-order valence-corrected chi connectivity index (χ3v) is 1.57. The Bertz CT molecular complexity index is 337. The van der Waals surface area contributed by atoms with Crippen LogP contribution in [0.15, 0.2) is 30.9 Å². The monoisotopic (exact) mass is 268 g/mol. The summed E-state index contributed by atoms with van der Waals surface area (Å²) in [6, 6.07) is 1.83. The van der Waals surface area contributed by atoms with Gasteiger partial charge in [0.25, 0.3) is 0 Å². The Morgan fingerprint density at radius 2 is 1.69 bits per heavy atom. The Hall–Kier alpha value is -1.26. The first kappa shape index (κ1) is 14.7. The number of nitrogens with one attached hydrogen (secondary N) is 1. The van der Waals surface area contributed by atoms with Crippen molar-refractivity contribution >= 4 is 0 Å². The summed E-state index contributed by atoms with van der Waals surface area (Å²) >= 11 is 0. The van der Waals surface area contributed by atoms with E-state index in [-0.39, 0.29) is 22.5 Å². The fraction of sp³-hybridized carbons (Fsp3) is 0.400. The molecule has 6 heteroatoms. The van der Waals surface area contributed by atoms with Crippen molar-refractivity contribution in [2.45, 2.75) is 26.2 Å². The van der Waals surface area contributed by atoms with Crippen LogP contribution in [0.25, 0.3) is 0 Å². The molecule has 2 rings (SSSR count). The zero-order chi connectivity index (χ0) is 11.1. The van der Waals surface area contributed by atoms with Gasteiger partial charge in [0.05, 0.1) is 6.20 Å². The van der Waals surface area contributed by atoms with E-state index >= 15 is 0 Å². The summed E-state index contributed by atoms with van der Waals surface area (Å²) in [7, 11) is 0. The first-order chi connectivity index (χ1) is 7.11. The van der Waals surface area contributed by atoms with Gasteiger partial charge in [0.2, 0.25) is 0 Å². The molecule has 0 spiro atoms. The number of rotatable bonds is 0. The quantitative estimate of drug-likeness (QED) is 0.737. The summed E-state index contributed by atoms with van der Waals surface area (Å²) in [5.74, 6) is 0.898. The largest absolute Gasteiger partial charge is 0.266 e. The van der Waals surface area contributed by atoms with Crippen LogP contribution in [0.2, 0.25) is 0 Å². The van der Waals surface area contributed by atoms with E-state index in [1.165, 1.54) is 0 Å². The first-order valence-corrected chi connectivity index (χ1v) is 4.68. The van der Waals surface area contributed by atoms with Crippen LogP contribution in [0.5, 0.6) is 0 Å². The Kier molecular flexibility index (Phi) is 6.53. The summed E-state index contributed by atoms with van der Waals surface area (Å²) in [6.07, 6.45) is 6.78. The van der Waals surface area contributed by atoms with E-state index in [2.05, 4.69) is 46.1 Å². The molecule has 0 saturated carbocycles. The maximum atomic E-state index is 4.14. The van der Waals surface area contributed by atoms with Crippen LogP contribution in [-0.2, 0) is 22.5 Å². The molecular formula is C10H15CuN5. The summed E-state index contributed by atoms with van der Waals surface area (Å²) < 4.78 is 0. The van der Waals surface area contributed by atoms with Gasteiger partial charge in [-0.25, -0.2) is 9.97 Å². The number of aromatic amines is 1. The van der Waals surface area contributed by atoms with E-state index in [4.69, 9.17) is 0 Å². The Labute approximate surface area is 106 Å². The molecule has 0 atom stereocenters. The van der Waals surface area contributed by atoms with Crippen LogP contribution in [0, 0.1) is 0 Å². The second-order valence-corrected chi connectivity index (χ2v) is 3.98. The zero-order valence-corrected chi connectivity index (χ0v) is 10.4. The zero-order valence-electron chi connectivity index (χ0n) is 9.48. The second kappa shape index (κ2) is 7.09. The first-order valence-electron chi connectivity index (χ1n) is 4.68. The van der Waals surface area contributed by atoms with E-state index in [0.717, 1.165) is 5.82 Å². The average molecular weight is 269 g/mol. The molecule has 2 aromatic rings. The van der Waals surface area contributed by atoms with Crippen LogP contribution in [0.4, 0.5) is 0 Å². The number of aromatic nitrogens is 5. The summed E-state index contributed by atoms with van der Waals surface area (Å²) in [6.45, 7) is 6.30. The van der Waals surface area contributed by atoms with E-state index < -0.39 is 0 Å². The molecule has 1 radical (unpaired) electrons. The fourth-order valence-corrected chi connectivity index (χ4v) is 0.853. The predicted molar refractivity (Wildman–Crippen MR) is 57.1 cm³/mol. The molecule has 1 N–H and O–H groups in total. The van der Waals surface area contributed by atoms with Crippen molar-refractivity contribution in [2.24, 2.45) is 0 Å². The van der Waals surface area contributed by atoms with Crippen molar-refractivity contribution < 1.29 is 17.1 Å². The molecule has 0 aliphatic heterocycles. The molecule has 0 amide bonds. The van der Waals surface area contributed by atoms with Crippen molar-refractivity contribution in [1.29, 1.82) is 0 Å². The van der Waals surface area contributed by atoms with Crippen molar-refractivity contribution in [3.8, 4) is 0 Å². The van der Waals surface area contributed by atoms with Crippen molar-refractivity contribution in [3.63, 3.8) is 0 Å². The van der Waals surface area contributed by atoms with Crippen molar-refractivity contribution in [3.05, 3.63) is 36.7 Å². The topological polar surface area (TPSA) is 67.3 Å². The van der Waals surface area contributed by atoms with Crippen molar-refractivity contribution in [1.82, 2.24) is 25.4 Å². The van der Waals surface area contributed by atoms with Gasteiger partial charge in [0.15, 0.2) is 0 Å². The predicted octanol–water partition coefficient (Wildman–Crippen LogP) is 1.58. The molecule has 0 aliphatic rings. The normalized spacial score (nSPS) is 9.69. The molecule has 0 fully saturated rings. The summed E-state index contributed by atoms with van der Waals surface area (Å²) in [5.41, 5.74) is 0.0707. The van der Waals surface area contributed by atoms with E-state index in [1.54, 1.807) is 24.8 Å². The molecule has 0 aromatic carbocycles. The van der Waals surface area contributed by atoms with Gasteiger partial charge in [0, 0.05) is 41.1 Å². The van der Waals surface area contributed by atoms with Crippen LogP contribution in [0.3, 0.4) is 0 Å². The van der Waals surface area contributed by atoms with Gasteiger partial charge in [-0.1, -0.05) is 26.0 Å². The second-order valence-electron chi connectivity index (χ2n) is 3.98. The fourth-order valence-electron chi connectivity index (χ4n) is 0.853. The van der Waals surface area contributed by atoms with Crippen LogP contribution in [-0.4, -0.2) is 25.4 Å². The van der Waals surface area contributed by atoms with Crippen LogP contribution in [0.1, 0.15) is 26.6 Å². The standard InChI is InChI=1S/C8H12N2.C2H3N3.Cu/c1-8(2,3)7-9-5-4-6-10-7;1-2-4-5-3-1;/h4-6H,1-3H3;1-2H,(H,3,4,5);. The number of nitrogens with zero attached hydrogens (tertiary/aromatic N) is 4. The molecule has 91 valence electrons. The molecular weight excluding hydrogens is 254 g/mol. The van der Waals surface area contributed by atoms with Gasteiger partial charge in [-0.05, 0) is 6.07 Å². The number of hydrogen-bond acceptors (Lipinski definition) is 4. The SMILES string of the molecule is CC(C)(C)c1ncccn1.[Cu].c1c[nH]nn1. The van der Waals surface area contributed by atoms with Crippen molar-refractivity contribution in [2.75, 3.05) is 0 Å². The van der Waals surface area contributed by atoms with Gasteiger partial charge in [-0.2, -0.15) is 0 Å². The minimum Gasteiger partial charge on any atom is -0.266 e. The summed E-state index contributed by atoms with van der Waals surface area (Å²) in [4.78, 5) is 8.28. The van der Waals surface area contributed by atoms with Gasteiger partial charge in [-0.15, -0.1) is 5.10 Å². The molecule has 16 heavy (non-hydrogen) atoms. The van der Waals surface area contributed by atoms with E-state index in [9.17, 15) is 0 Å². The molecule has 5 nitrogen and oxygen atoms in total. The maximum absolute atomic E-state index is 4.14. The maximum Gasteiger partial charge on any atom is 0.133 e. The van der Waals surface area contributed by atoms with E-state index in [0.29, 0.717) is 0 Å². The minimum atomic E-state index is 0. The Morgan fingerprint density at radius 1 is 1.06 bits per heavy atom. The number of hydrogen-bond donors (Lipinski definition) is 1. The number of H-pyrrole nitrogens is 1. The third kappa shape index (κ3) is 5.58. The van der Waals surface area contributed by atoms with Gasteiger partial charge in [-0.3, -0.25) is 5.10 Å². The van der Waals surface area contributed by atoms with Gasteiger partial charge < -0.3 is 0 Å². The minimum absolute atomic E-state index is 0. The molecule has 2 heterocycles. The van der Waals surface area contributed by atoms with Crippen LogP contribution < -0.4 is 0 Å².